The SMILES string of the molecule is O=C(O)c1cnc2c(c1)NC(=O)C1CN(Cc3ccccc3C(F)(F)F)CCN21. The third-order valence-corrected chi connectivity index (χ3v) is 5.13. The Kier molecular flexibility index (Phi) is 4.65. The second kappa shape index (κ2) is 7.03. The van der Waals surface area contributed by atoms with E-state index in [0.717, 1.165) is 6.07 Å². The van der Waals surface area contributed by atoms with E-state index in [9.17, 15) is 22.8 Å². The lowest BCUT2D eigenvalue weighted by Gasteiger charge is -2.44. The van der Waals surface area contributed by atoms with Gasteiger partial charge < -0.3 is 15.3 Å². The van der Waals surface area contributed by atoms with Crippen molar-refractivity contribution in [2.24, 2.45) is 0 Å². The minimum absolute atomic E-state index is 0.0371. The summed E-state index contributed by atoms with van der Waals surface area (Å²) in [6.45, 7) is 1.14. The van der Waals surface area contributed by atoms with E-state index in [1.807, 2.05) is 4.90 Å². The number of carbonyl (C=O) groups excluding carboxylic acids is 1. The van der Waals surface area contributed by atoms with Crippen molar-refractivity contribution in [2.45, 2.75) is 18.8 Å². The van der Waals surface area contributed by atoms with Gasteiger partial charge in [0, 0.05) is 32.4 Å². The monoisotopic (exact) mass is 406 g/mol. The Morgan fingerprint density at radius 3 is 2.76 bits per heavy atom. The topological polar surface area (TPSA) is 85.8 Å². The van der Waals surface area contributed by atoms with E-state index in [1.165, 1.54) is 24.4 Å². The van der Waals surface area contributed by atoms with Crippen LogP contribution in [0.25, 0.3) is 0 Å². The normalized spacial score (nSPS) is 19.3. The summed E-state index contributed by atoms with van der Waals surface area (Å²) in [5, 5.41) is 11.7. The molecule has 1 aromatic carbocycles. The van der Waals surface area contributed by atoms with Crippen molar-refractivity contribution < 1.29 is 27.9 Å². The highest BCUT2D eigenvalue weighted by molar-refractivity contribution is 6.04. The van der Waals surface area contributed by atoms with E-state index in [0.29, 0.717) is 24.6 Å². The first-order valence-corrected chi connectivity index (χ1v) is 8.92. The summed E-state index contributed by atoms with van der Waals surface area (Å²) in [7, 11) is 0. The molecule has 10 heteroatoms. The Morgan fingerprint density at radius 1 is 1.28 bits per heavy atom. The number of nitrogens with one attached hydrogen (secondary N) is 1. The maximum absolute atomic E-state index is 13.2. The summed E-state index contributed by atoms with van der Waals surface area (Å²) in [5.41, 5.74) is -0.232. The number of aromatic nitrogens is 1. The molecule has 2 aliphatic heterocycles. The zero-order valence-corrected chi connectivity index (χ0v) is 15.1. The Labute approximate surface area is 163 Å². The Hall–Kier alpha value is -3.14. The molecular formula is C19H17F3N4O3. The predicted molar refractivity (Wildman–Crippen MR) is 97.7 cm³/mol. The number of pyridine rings is 1. The lowest BCUT2D eigenvalue weighted by Crippen LogP contribution is -2.60. The van der Waals surface area contributed by atoms with E-state index in [-0.39, 0.29) is 30.1 Å². The minimum atomic E-state index is -4.44. The molecule has 3 heterocycles. The van der Waals surface area contributed by atoms with Crippen LogP contribution in [-0.4, -0.2) is 52.5 Å². The Balaban J connectivity index is 1.55. The summed E-state index contributed by atoms with van der Waals surface area (Å²) in [4.78, 5) is 31.4. The van der Waals surface area contributed by atoms with E-state index in [2.05, 4.69) is 10.3 Å². The van der Waals surface area contributed by atoms with Gasteiger partial charge in [0.2, 0.25) is 5.91 Å². The minimum Gasteiger partial charge on any atom is -0.478 e. The number of piperazine rings is 1. The quantitative estimate of drug-likeness (QED) is 0.815. The van der Waals surface area contributed by atoms with Crippen molar-refractivity contribution in [3.05, 3.63) is 53.2 Å². The molecule has 0 bridgehead atoms. The van der Waals surface area contributed by atoms with Gasteiger partial charge in [0.1, 0.15) is 6.04 Å². The summed E-state index contributed by atoms with van der Waals surface area (Å²) in [6.07, 6.45) is -3.22. The predicted octanol–water partition coefficient (Wildman–Crippen LogP) is 2.44. The van der Waals surface area contributed by atoms with Crippen molar-refractivity contribution in [2.75, 3.05) is 29.9 Å². The van der Waals surface area contributed by atoms with Gasteiger partial charge in [-0.05, 0) is 17.7 Å². The number of rotatable bonds is 3. The van der Waals surface area contributed by atoms with Crippen LogP contribution >= 0.6 is 0 Å². The highest BCUT2D eigenvalue weighted by Gasteiger charge is 2.39. The number of halogens is 3. The summed E-state index contributed by atoms with van der Waals surface area (Å²) < 4.78 is 39.7. The molecule has 0 aliphatic carbocycles. The number of anilines is 2. The Bertz CT molecular complexity index is 979. The van der Waals surface area contributed by atoms with E-state index in [1.54, 1.807) is 11.0 Å². The Morgan fingerprint density at radius 2 is 2.03 bits per heavy atom. The van der Waals surface area contributed by atoms with Gasteiger partial charge >= 0.3 is 12.1 Å². The first kappa shape index (κ1) is 19.2. The molecular weight excluding hydrogens is 389 g/mol. The maximum Gasteiger partial charge on any atom is 0.416 e. The highest BCUT2D eigenvalue weighted by atomic mass is 19.4. The number of nitrogens with zero attached hydrogens (tertiary/aromatic N) is 3. The number of carboxylic acids is 1. The molecule has 7 nitrogen and oxygen atoms in total. The summed E-state index contributed by atoms with van der Waals surface area (Å²) in [5.74, 6) is -1.02. The van der Waals surface area contributed by atoms with Crippen LogP contribution in [0.2, 0.25) is 0 Å². The molecule has 1 fully saturated rings. The number of fused-ring (bicyclic) bond motifs is 3. The molecule has 4 rings (SSSR count). The van der Waals surface area contributed by atoms with E-state index in [4.69, 9.17) is 5.11 Å². The molecule has 1 aromatic heterocycles. The number of hydrogen-bond donors (Lipinski definition) is 2. The third kappa shape index (κ3) is 3.63. The van der Waals surface area contributed by atoms with Gasteiger partial charge in [0.25, 0.3) is 0 Å². The third-order valence-electron chi connectivity index (χ3n) is 5.13. The van der Waals surface area contributed by atoms with Crippen LogP contribution in [0.3, 0.4) is 0 Å². The van der Waals surface area contributed by atoms with Crippen molar-refractivity contribution in [3.8, 4) is 0 Å². The van der Waals surface area contributed by atoms with Gasteiger partial charge in [-0.1, -0.05) is 18.2 Å². The zero-order chi connectivity index (χ0) is 20.8. The molecule has 0 radical (unpaired) electrons. The fraction of sp³-hybridized carbons (Fsp3) is 0.316. The number of benzene rings is 1. The molecule has 29 heavy (non-hydrogen) atoms. The lowest BCUT2D eigenvalue weighted by atomic mass is 10.0. The molecule has 1 unspecified atom stereocenters. The smallest absolute Gasteiger partial charge is 0.416 e. The number of alkyl halides is 3. The van der Waals surface area contributed by atoms with Crippen molar-refractivity contribution in [3.63, 3.8) is 0 Å². The van der Waals surface area contributed by atoms with Gasteiger partial charge in [0.15, 0.2) is 5.82 Å². The molecule has 1 amide bonds. The van der Waals surface area contributed by atoms with E-state index >= 15 is 0 Å². The first-order valence-electron chi connectivity index (χ1n) is 8.92. The maximum atomic E-state index is 13.2. The summed E-state index contributed by atoms with van der Waals surface area (Å²) in [6, 6.07) is 6.16. The van der Waals surface area contributed by atoms with Crippen molar-refractivity contribution >= 4 is 23.4 Å². The van der Waals surface area contributed by atoms with E-state index < -0.39 is 23.8 Å². The van der Waals surface area contributed by atoms with Crippen molar-refractivity contribution in [1.29, 1.82) is 0 Å². The molecule has 152 valence electrons. The number of aromatic carboxylic acids is 1. The number of hydrogen-bond acceptors (Lipinski definition) is 5. The summed E-state index contributed by atoms with van der Waals surface area (Å²) >= 11 is 0. The highest BCUT2D eigenvalue weighted by Crippen LogP contribution is 2.35. The molecule has 2 aromatic rings. The fourth-order valence-electron chi connectivity index (χ4n) is 3.75. The number of carbonyl (C=O) groups is 2. The lowest BCUT2D eigenvalue weighted by molar-refractivity contribution is -0.138. The molecule has 1 saturated heterocycles. The number of carboxylic acid groups (broad SMARTS) is 1. The van der Waals surface area contributed by atoms with Crippen LogP contribution in [0.15, 0.2) is 36.5 Å². The average molecular weight is 406 g/mol. The van der Waals surface area contributed by atoms with Gasteiger partial charge in [0.05, 0.1) is 16.8 Å². The molecule has 2 N–H and O–H groups in total. The number of amides is 1. The molecule has 0 spiro atoms. The van der Waals surface area contributed by atoms with Crippen LogP contribution in [0, 0.1) is 0 Å². The second-order valence-corrected chi connectivity index (χ2v) is 6.99. The van der Waals surface area contributed by atoms with Crippen LogP contribution in [-0.2, 0) is 17.5 Å². The first-order chi connectivity index (χ1) is 13.7. The molecule has 1 atom stereocenters. The van der Waals surface area contributed by atoms with Gasteiger partial charge in [-0.15, -0.1) is 0 Å². The van der Waals surface area contributed by atoms with Crippen LogP contribution in [0.4, 0.5) is 24.7 Å². The molecule has 0 saturated carbocycles. The van der Waals surface area contributed by atoms with Crippen molar-refractivity contribution in [1.82, 2.24) is 9.88 Å². The van der Waals surface area contributed by atoms with Gasteiger partial charge in [-0.25, -0.2) is 9.78 Å². The van der Waals surface area contributed by atoms with Crippen LogP contribution in [0.5, 0.6) is 0 Å². The van der Waals surface area contributed by atoms with Gasteiger partial charge in [-0.3, -0.25) is 9.69 Å². The largest absolute Gasteiger partial charge is 0.478 e. The van der Waals surface area contributed by atoms with Crippen LogP contribution < -0.4 is 10.2 Å². The fourth-order valence-corrected chi connectivity index (χ4v) is 3.75. The van der Waals surface area contributed by atoms with Gasteiger partial charge in [-0.2, -0.15) is 13.2 Å². The van der Waals surface area contributed by atoms with Crippen LogP contribution in [0.1, 0.15) is 21.5 Å². The second-order valence-electron chi connectivity index (χ2n) is 6.99. The molecule has 2 aliphatic rings. The zero-order valence-electron chi connectivity index (χ0n) is 15.1. The standard InChI is InChI=1S/C19H17F3N4O3/c20-19(21,22)13-4-2-1-3-11(13)9-25-5-6-26-15(10-25)17(27)24-14-7-12(18(28)29)8-23-16(14)26/h1-4,7-8,15H,5-6,9-10H2,(H,24,27)(H,28,29). The average Bonchev–Trinajstić information content (AvgIpc) is 2.67.